The Morgan fingerprint density at radius 2 is 0.219 bits per heavy atom. The molecule has 0 radical (unpaired) electrons. The Hall–Kier alpha value is -12.9. The molecule has 0 fully saturated rings. The average Bonchev–Trinajstić information content (AvgIpc) is 0.880. The van der Waals surface area contributed by atoms with Crippen LogP contribution in [-0.4, -0.2) is 29.9 Å². The Balaban J connectivity index is 0.857. The summed E-state index contributed by atoms with van der Waals surface area (Å²) in [6.45, 7) is 0. The number of benzene rings is 14. The lowest BCUT2D eigenvalue weighted by Gasteiger charge is -2.15. The van der Waals surface area contributed by atoms with E-state index in [0.29, 0.717) is 34.9 Å². The van der Waals surface area contributed by atoms with E-state index >= 15 is 0 Å². The summed E-state index contributed by atoms with van der Waals surface area (Å²) in [6, 6.07) is 128. The van der Waals surface area contributed by atoms with Crippen molar-refractivity contribution in [2.45, 2.75) is 0 Å². The van der Waals surface area contributed by atoms with Gasteiger partial charge in [-0.1, -0.05) is 285 Å². The molecule has 0 amide bonds. The molecule has 16 aromatic rings. The third-order valence-electron chi connectivity index (χ3n) is 17.5. The second-order valence-electron chi connectivity index (χ2n) is 23.9. The van der Waals surface area contributed by atoms with Crippen molar-refractivity contribution in [2.24, 2.45) is 0 Å². The zero-order valence-corrected chi connectivity index (χ0v) is 52.3. The monoisotopic (exact) mass is 1220 g/mol. The first kappa shape index (κ1) is 58.2. The van der Waals surface area contributed by atoms with Crippen LogP contribution < -0.4 is 0 Å². The molecule has 0 aliphatic rings. The molecule has 6 heteroatoms. The van der Waals surface area contributed by atoms with Crippen LogP contribution in [0.25, 0.3) is 168 Å². The van der Waals surface area contributed by atoms with Crippen molar-refractivity contribution in [3.05, 3.63) is 364 Å². The minimum Gasteiger partial charge on any atom is -0.208 e. The van der Waals surface area contributed by atoms with Gasteiger partial charge in [0.15, 0.2) is 34.9 Å². The first-order valence-corrected chi connectivity index (χ1v) is 32.3. The van der Waals surface area contributed by atoms with Gasteiger partial charge in [-0.25, -0.2) is 29.9 Å². The molecule has 2 heterocycles. The molecule has 2 aromatic heterocycles. The molecule has 450 valence electrons. The molecule has 0 unspecified atom stereocenters. The lowest BCUT2D eigenvalue weighted by Crippen LogP contribution is -2.01. The van der Waals surface area contributed by atoms with E-state index in [1.54, 1.807) is 0 Å². The van der Waals surface area contributed by atoms with Crippen LogP contribution in [0.15, 0.2) is 364 Å². The second kappa shape index (κ2) is 26.4. The number of rotatable bonds is 15. The molecule has 96 heavy (non-hydrogen) atoms. The van der Waals surface area contributed by atoms with Gasteiger partial charge in [-0.2, -0.15) is 0 Å². The highest BCUT2D eigenvalue weighted by molar-refractivity contribution is 5.87. The molecule has 16 rings (SSSR count). The number of hydrogen-bond acceptors (Lipinski definition) is 6. The molecule has 0 spiro atoms. The summed E-state index contributed by atoms with van der Waals surface area (Å²) in [7, 11) is 0. The standard InChI is InChI=1S/C90H60N6/c1-8-26-61(27-9-1)68-40-23-45-73(49-68)85-91-86(74-46-24-41-69(50-74)62-28-10-2-11-29-62)93-88(92-85)83-57-78(66-36-18-6-19-37-66)53-80(59-83)71-43-22-44-72(48-71)81-54-79(67-38-20-7-21-39-67)58-84(60-81)90-95-87(75-47-25-42-70(51-75)63-30-12-3-13-31-63)94-89(96-90)82-55-76(64-32-14-4-15-33-64)52-77(56-82)65-34-16-5-17-35-65/h1-60H. The van der Waals surface area contributed by atoms with Crippen LogP contribution in [0.5, 0.6) is 0 Å². The molecule has 6 nitrogen and oxygen atoms in total. The zero-order valence-electron chi connectivity index (χ0n) is 52.3. The van der Waals surface area contributed by atoms with E-state index in [0.717, 1.165) is 134 Å². The second-order valence-corrected chi connectivity index (χ2v) is 23.9. The minimum atomic E-state index is 0.552. The zero-order chi connectivity index (χ0) is 64.0. The maximum absolute atomic E-state index is 5.51. The third kappa shape index (κ3) is 12.6. The number of nitrogens with zero attached hydrogens (tertiary/aromatic N) is 6. The summed E-state index contributed by atoms with van der Waals surface area (Å²) in [4.78, 5) is 32.4. The van der Waals surface area contributed by atoms with Gasteiger partial charge < -0.3 is 0 Å². The molecule has 14 aromatic carbocycles. The van der Waals surface area contributed by atoms with Crippen LogP contribution in [0.3, 0.4) is 0 Å². The molecule has 0 bridgehead atoms. The fourth-order valence-corrected chi connectivity index (χ4v) is 12.6. The van der Waals surface area contributed by atoms with Crippen LogP contribution >= 0.6 is 0 Å². The smallest absolute Gasteiger partial charge is 0.164 e. The Bertz CT molecular complexity index is 5280. The van der Waals surface area contributed by atoms with Crippen molar-refractivity contribution in [1.29, 1.82) is 0 Å². The summed E-state index contributed by atoms with van der Waals surface area (Å²) in [5, 5.41) is 0. The molecule has 0 atom stereocenters. The Labute approximate surface area is 559 Å². The predicted molar refractivity (Wildman–Crippen MR) is 395 cm³/mol. The Kier molecular flexibility index (Phi) is 16.0. The van der Waals surface area contributed by atoms with Gasteiger partial charge in [-0.3, -0.25) is 0 Å². The Morgan fingerprint density at radius 1 is 0.0938 bits per heavy atom. The van der Waals surface area contributed by atoms with Crippen molar-refractivity contribution in [3.63, 3.8) is 0 Å². The van der Waals surface area contributed by atoms with Crippen molar-refractivity contribution < 1.29 is 0 Å². The highest BCUT2D eigenvalue weighted by atomic mass is 15.0. The van der Waals surface area contributed by atoms with Crippen molar-refractivity contribution in [3.8, 4) is 168 Å². The van der Waals surface area contributed by atoms with Gasteiger partial charge in [0.2, 0.25) is 0 Å². The SMILES string of the molecule is c1ccc(-c2cccc(-c3nc(-c4cccc(-c5ccccc5)c4)nc(-c4cc(-c5ccccc5)cc(-c5cccc(-c6cc(-c7ccccc7)cc(-c7nc(-c8cccc(-c9ccccc9)c8)nc(-c8cc(-c9ccccc9)cc(-c9ccccc9)c8)n7)c6)c5)c4)n3)c2)cc1. The van der Waals surface area contributed by atoms with Gasteiger partial charge in [0.05, 0.1) is 0 Å². The normalized spacial score (nSPS) is 11.1. The third-order valence-corrected chi connectivity index (χ3v) is 17.5. The molecule has 0 aliphatic carbocycles. The minimum absolute atomic E-state index is 0.552. The van der Waals surface area contributed by atoms with Gasteiger partial charge in [0.1, 0.15) is 0 Å². The Morgan fingerprint density at radius 3 is 0.438 bits per heavy atom. The van der Waals surface area contributed by atoms with Crippen molar-refractivity contribution in [1.82, 2.24) is 29.9 Å². The average molecular weight is 1230 g/mol. The first-order chi connectivity index (χ1) is 47.5. The summed E-state index contributed by atoms with van der Waals surface area (Å²) in [5.41, 5.74) is 24.4. The summed E-state index contributed by atoms with van der Waals surface area (Å²) < 4.78 is 0. The van der Waals surface area contributed by atoms with Crippen LogP contribution in [0.1, 0.15) is 0 Å². The lowest BCUT2D eigenvalue weighted by atomic mass is 9.92. The van der Waals surface area contributed by atoms with Gasteiger partial charge in [-0.15, -0.1) is 0 Å². The first-order valence-electron chi connectivity index (χ1n) is 32.3. The highest BCUT2D eigenvalue weighted by Crippen LogP contribution is 2.40. The van der Waals surface area contributed by atoms with E-state index in [2.05, 4.69) is 346 Å². The van der Waals surface area contributed by atoms with Crippen LogP contribution in [0, 0.1) is 0 Å². The van der Waals surface area contributed by atoms with Gasteiger partial charge in [0.25, 0.3) is 0 Å². The predicted octanol–water partition coefficient (Wildman–Crippen LogP) is 23.1. The summed E-state index contributed by atoms with van der Waals surface area (Å²) in [6.07, 6.45) is 0. The van der Waals surface area contributed by atoms with E-state index in [4.69, 9.17) is 29.9 Å². The van der Waals surface area contributed by atoms with Crippen LogP contribution in [0.2, 0.25) is 0 Å². The molecular weight excluding hydrogens is 1170 g/mol. The maximum atomic E-state index is 5.51. The quantitative estimate of drug-likeness (QED) is 0.102. The lowest BCUT2D eigenvalue weighted by molar-refractivity contribution is 1.07. The summed E-state index contributed by atoms with van der Waals surface area (Å²) >= 11 is 0. The number of aromatic nitrogens is 6. The molecule has 0 saturated heterocycles. The number of hydrogen-bond donors (Lipinski definition) is 0. The highest BCUT2D eigenvalue weighted by Gasteiger charge is 2.20. The van der Waals surface area contributed by atoms with E-state index in [9.17, 15) is 0 Å². The van der Waals surface area contributed by atoms with Gasteiger partial charge >= 0.3 is 0 Å². The van der Waals surface area contributed by atoms with Crippen LogP contribution in [-0.2, 0) is 0 Å². The fourth-order valence-electron chi connectivity index (χ4n) is 12.6. The van der Waals surface area contributed by atoms with E-state index in [-0.39, 0.29) is 0 Å². The van der Waals surface area contributed by atoms with Crippen molar-refractivity contribution >= 4 is 0 Å². The van der Waals surface area contributed by atoms with Gasteiger partial charge in [0, 0.05) is 33.4 Å². The molecule has 0 N–H and O–H groups in total. The fraction of sp³-hybridized carbons (Fsp3) is 0. The molecule has 0 aliphatic heterocycles. The van der Waals surface area contributed by atoms with E-state index < -0.39 is 0 Å². The van der Waals surface area contributed by atoms with Crippen molar-refractivity contribution in [2.75, 3.05) is 0 Å². The van der Waals surface area contributed by atoms with E-state index in [1.807, 2.05) is 18.2 Å². The molecule has 0 saturated carbocycles. The largest absolute Gasteiger partial charge is 0.208 e. The maximum Gasteiger partial charge on any atom is 0.164 e. The van der Waals surface area contributed by atoms with E-state index in [1.165, 1.54) is 0 Å². The molecular formula is C90H60N6. The van der Waals surface area contributed by atoms with Crippen LogP contribution in [0.4, 0.5) is 0 Å². The summed E-state index contributed by atoms with van der Waals surface area (Å²) in [5.74, 6) is 3.41. The topological polar surface area (TPSA) is 77.3 Å². The van der Waals surface area contributed by atoms with Gasteiger partial charge in [-0.05, 0) is 179 Å².